The summed E-state index contributed by atoms with van der Waals surface area (Å²) in [6.45, 7) is 1.25. The van der Waals surface area contributed by atoms with Crippen LogP contribution in [-0.4, -0.2) is 43.9 Å². The number of pyridine rings is 1. The third-order valence-electron chi connectivity index (χ3n) is 3.23. The van der Waals surface area contributed by atoms with E-state index in [0.717, 1.165) is 19.3 Å². The molecule has 0 aromatic carbocycles. The molecular weight excluding hydrogens is 264 g/mol. The van der Waals surface area contributed by atoms with E-state index in [-0.39, 0.29) is 6.04 Å². The summed E-state index contributed by atoms with van der Waals surface area (Å²) >= 11 is 0. The van der Waals surface area contributed by atoms with Gasteiger partial charge >= 0.3 is 10.2 Å². The SMILES string of the molecule is CNCC1CCCCN1S(=O)(=O)Nc1cccnc1. The van der Waals surface area contributed by atoms with Gasteiger partial charge < -0.3 is 5.32 Å². The summed E-state index contributed by atoms with van der Waals surface area (Å²) in [6, 6.07) is 3.42. The molecule has 1 fully saturated rings. The van der Waals surface area contributed by atoms with Gasteiger partial charge in [-0.05, 0) is 32.0 Å². The van der Waals surface area contributed by atoms with Crippen molar-refractivity contribution in [2.45, 2.75) is 25.3 Å². The van der Waals surface area contributed by atoms with Gasteiger partial charge in [0.15, 0.2) is 0 Å². The molecule has 2 N–H and O–H groups in total. The summed E-state index contributed by atoms with van der Waals surface area (Å²) in [5, 5.41) is 3.06. The summed E-state index contributed by atoms with van der Waals surface area (Å²) in [6.07, 6.45) is 6.01. The predicted molar refractivity (Wildman–Crippen MR) is 75.1 cm³/mol. The second-order valence-electron chi connectivity index (χ2n) is 4.67. The molecule has 1 aromatic rings. The lowest BCUT2D eigenvalue weighted by Gasteiger charge is -2.34. The van der Waals surface area contributed by atoms with Crippen LogP contribution in [0.15, 0.2) is 24.5 Å². The van der Waals surface area contributed by atoms with Crippen LogP contribution in [0.5, 0.6) is 0 Å². The Labute approximate surface area is 114 Å². The zero-order chi connectivity index (χ0) is 13.7. The molecule has 106 valence electrons. The van der Waals surface area contributed by atoms with Crippen LogP contribution >= 0.6 is 0 Å². The van der Waals surface area contributed by atoms with Gasteiger partial charge in [-0.2, -0.15) is 12.7 Å². The molecule has 1 unspecified atom stereocenters. The topological polar surface area (TPSA) is 74.3 Å². The molecule has 1 aliphatic heterocycles. The first-order valence-electron chi connectivity index (χ1n) is 6.47. The molecule has 7 heteroatoms. The zero-order valence-electron chi connectivity index (χ0n) is 11.0. The van der Waals surface area contributed by atoms with E-state index in [9.17, 15) is 8.42 Å². The minimum absolute atomic E-state index is 0.0212. The van der Waals surface area contributed by atoms with Gasteiger partial charge in [-0.25, -0.2) is 0 Å². The van der Waals surface area contributed by atoms with Crippen LogP contribution in [0.25, 0.3) is 0 Å². The van der Waals surface area contributed by atoms with E-state index in [2.05, 4.69) is 15.0 Å². The van der Waals surface area contributed by atoms with Crippen molar-refractivity contribution in [1.82, 2.24) is 14.6 Å². The van der Waals surface area contributed by atoms with E-state index in [1.807, 2.05) is 7.05 Å². The third kappa shape index (κ3) is 3.65. The van der Waals surface area contributed by atoms with E-state index in [0.29, 0.717) is 18.8 Å². The van der Waals surface area contributed by atoms with E-state index in [1.54, 1.807) is 22.6 Å². The van der Waals surface area contributed by atoms with Crippen LogP contribution in [0.1, 0.15) is 19.3 Å². The smallest absolute Gasteiger partial charge is 0.301 e. The first-order chi connectivity index (χ1) is 9.13. The highest BCUT2D eigenvalue weighted by Gasteiger charge is 2.31. The van der Waals surface area contributed by atoms with E-state index in [1.165, 1.54) is 6.20 Å². The van der Waals surface area contributed by atoms with Gasteiger partial charge in [0, 0.05) is 25.3 Å². The number of likely N-dealkylation sites (N-methyl/N-ethyl adjacent to an activating group) is 1. The maximum Gasteiger partial charge on any atom is 0.301 e. The Morgan fingerprint density at radius 3 is 3.00 bits per heavy atom. The number of piperidine rings is 1. The van der Waals surface area contributed by atoms with Crippen LogP contribution in [0.3, 0.4) is 0 Å². The average Bonchev–Trinajstić information content (AvgIpc) is 2.40. The maximum absolute atomic E-state index is 12.4. The van der Waals surface area contributed by atoms with Gasteiger partial charge in [-0.15, -0.1) is 0 Å². The standard InChI is InChI=1S/C12H20N4O2S/c1-13-10-12-6-2-3-8-16(12)19(17,18)15-11-5-4-7-14-9-11/h4-5,7,9,12-13,15H,2-3,6,8,10H2,1H3. The van der Waals surface area contributed by atoms with Gasteiger partial charge in [0.2, 0.25) is 0 Å². The summed E-state index contributed by atoms with van der Waals surface area (Å²) in [5.41, 5.74) is 0.497. The Balaban J connectivity index is 2.13. The highest BCUT2D eigenvalue weighted by Crippen LogP contribution is 2.21. The van der Waals surface area contributed by atoms with Crippen LogP contribution in [-0.2, 0) is 10.2 Å². The average molecular weight is 284 g/mol. The molecule has 0 radical (unpaired) electrons. The third-order valence-corrected chi connectivity index (χ3v) is 4.82. The van der Waals surface area contributed by atoms with E-state index >= 15 is 0 Å². The summed E-state index contributed by atoms with van der Waals surface area (Å²) in [7, 11) is -1.66. The Morgan fingerprint density at radius 2 is 2.32 bits per heavy atom. The minimum atomic E-state index is -3.50. The molecule has 6 nitrogen and oxygen atoms in total. The van der Waals surface area contributed by atoms with Crippen molar-refractivity contribution in [2.75, 3.05) is 24.9 Å². The normalized spacial score (nSPS) is 21.2. The summed E-state index contributed by atoms with van der Waals surface area (Å²) in [4.78, 5) is 3.91. The first-order valence-corrected chi connectivity index (χ1v) is 7.91. The molecular formula is C12H20N4O2S. The van der Waals surface area contributed by atoms with Gasteiger partial charge in [-0.1, -0.05) is 6.42 Å². The fourth-order valence-corrected chi connectivity index (χ4v) is 3.84. The fraction of sp³-hybridized carbons (Fsp3) is 0.583. The molecule has 0 bridgehead atoms. The zero-order valence-corrected chi connectivity index (χ0v) is 11.9. The van der Waals surface area contributed by atoms with Gasteiger partial charge in [-0.3, -0.25) is 9.71 Å². The second-order valence-corrected chi connectivity index (χ2v) is 6.29. The Morgan fingerprint density at radius 1 is 1.47 bits per heavy atom. The lowest BCUT2D eigenvalue weighted by molar-refractivity contribution is 0.250. The molecule has 0 spiro atoms. The lowest BCUT2D eigenvalue weighted by Crippen LogP contribution is -2.49. The number of anilines is 1. The Bertz CT molecular complexity index is 490. The van der Waals surface area contributed by atoms with E-state index in [4.69, 9.17) is 0 Å². The van der Waals surface area contributed by atoms with Crippen molar-refractivity contribution >= 4 is 15.9 Å². The number of hydrogen-bond donors (Lipinski definition) is 2. The van der Waals surface area contributed by atoms with Crippen molar-refractivity contribution in [1.29, 1.82) is 0 Å². The minimum Gasteiger partial charge on any atom is -0.318 e. The lowest BCUT2D eigenvalue weighted by atomic mass is 10.1. The Kier molecular flexibility index (Phi) is 4.73. The van der Waals surface area contributed by atoms with Crippen LogP contribution < -0.4 is 10.0 Å². The van der Waals surface area contributed by atoms with E-state index < -0.39 is 10.2 Å². The largest absolute Gasteiger partial charge is 0.318 e. The molecule has 2 heterocycles. The van der Waals surface area contributed by atoms with Crippen LogP contribution in [0, 0.1) is 0 Å². The van der Waals surface area contributed by atoms with Crippen molar-refractivity contribution in [3.05, 3.63) is 24.5 Å². The Hall–Kier alpha value is -1.18. The van der Waals surface area contributed by atoms with Crippen LogP contribution in [0.2, 0.25) is 0 Å². The molecule has 0 aliphatic carbocycles. The fourth-order valence-electron chi connectivity index (χ4n) is 2.36. The molecule has 1 atom stereocenters. The predicted octanol–water partition coefficient (Wildman–Crippen LogP) is 0.812. The van der Waals surface area contributed by atoms with Crippen molar-refractivity contribution in [2.24, 2.45) is 0 Å². The molecule has 2 rings (SSSR count). The molecule has 1 aromatic heterocycles. The molecule has 19 heavy (non-hydrogen) atoms. The number of aromatic nitrogens is 1. The van der Waals surface area contributed by atoms with Crippen LogP contribution in [0.4, 0.5) is 5.69 Å². The highest BCUT2D eigenvalue weighted by atomic mass is 32.2. The number of nitrogens with zero attached hydrogens (tertiary/aromatic N) is 2. The first kappa shape index (κ1) is 14.2. The second kappa shape index (κ2) is 6.31. The van der Waals surface area contributed by atoms with Crippen molar-refractivity contribution in [3.63, 3.8) is 0 Å². The van der Waals surface area contributed by atoms with Gasteiger partial charge in [0.05, 0.1) is 11.9 Å². The van der Waals surface area contributed by atoms with Crippen molar-refractivity contribution in [3.8, 4) is 0 Å². The number of hydrogen-bond acceptors (Lipinski definition) is 4. The molecule has 0 amide bonds. The summed E-state index contributed by atoms with van der Waals surface area (Å²) < 4.78 is 28.9. The quantitative estimate of drug-likeness (QED) is 0.839. The molecule has 0 saturated carbocycles. The number of nitrogens with one attached hydrogen (secondary N) is 2. The number of rotatable bonds is 5. The molecule has 1 aliphatic rings. The summed E-state index contributed by atoms with van der Waals surface area (Å²) in [5.74, 6) is 0. The highest BCUT2D eigenvalue weighted by molar-refractivity contribution is 7.90. The monoisotopic (exact) mass is 284 g/mol. The maximum atomic E-state index is 12.4. The molecule has 1 saturated heterocycles. The van der Waals surface area contributed by atoms with Crippen molar-refractivity contribution < 1.29 is 8.42 Å². The van der Waals surface area contributed by atoms with Gasteiger partial charge in [0.25, 0.3) is 0 Å². The van der Waals surface area contributed by atoms with Gasteiger partial charge in [0.1, 0.15) is 0 Å².